The highest BCUT2D eigenvalue weighted by atomic mass is 16.4. The molecule has 1 amide bonds. The quantitative estimate of drug-likeness (QED) is 0.705. The molecule has 0 aromatic carbocycles. The molecule has 16 heavy (non-hydrogen) atoms. The number of amides is 1. The van der Waals surface area contributed by atoms with Gasteiger partial charge in [-0.05, 0) is 20.3 Å². The molecule has 0 fully saturated rings. The molecule has 0 bridgehead atoms. The molecule has 0 saturated heterocycles. The minimum Gasteiger partial charge on any atom is -0.481 e. The summed E-state index contributed by atoms with van der Waals surface area (Å²) in [5, 5.41) is 8.81. The highest BCUT2D eigenvalue weighted by Crippen LogP contribution is 2.04. The largest absolute Gasteiger partial charge is 0.481 e. The lowest BCUT2D eigenvalue weighted by atomic mass is 10.1. The average Bonchev–Trinajstić information content (AvgIpc) is 2.15. The van der Waals surface area contributed by atoms with Crippen LogP contribution in [0.2, 0.25) is 0 Å². The Morgan fingerprint density at radius 3 is 2.31 bits per heavy atom. The van der Waals surface area contributed by atoms with E-state index in [0.29, 0.717) is 6.54 Å². The smallest absolute Gasteiger partial charge is 0.308 e. The third-order valence-electron chi connectivity index (χ3n) is 2.13. The van der Waals surface area contributed by atoms with Crippen LogP contribution in [0.3, 0.4) is 0 Å². The zero-order valence-corrected chi connectivity index (χ0v) is 10.5. The second-order valence-electron chi connectivity index (χ2n) is 4.25. The van der Waals surface area contributed by atoms with E-state index in [0.717, 1.165) is 12.0 Å². The van der Waals surface area contributed by atoms with Crippen LogP contribution in [0.4, 0.5) is 0 Å². The van der Waals surface area contributed by atoms with E-state index in [-0.39, 0.29) is 12.5 Å². The first kappa shape index (κ1) is 14.7. The van der Waals surface area contributed by atoms with Crippen LogP contribution >= 0.6 is 0 Å². The molecule has 0 aromatic heterocycles. The summed E-state index contributed by atoms with van der Waals surface area (Å²) in [5.41, 5.74) is 0.925. The van der Waals surface area contributed by atoms with E-state index >= 15 is 0 Å². The Kier molecular flexibility index (Phi) is 6.46. The molecule has 0 aliphatic carbocycles. The van der Waals surface area contributed by atoms with Crippen molar-refractivity contribution in [2.75, 3.05) is 13.1 Å². The Morgan fingerprint density at radius 1 is 1.38 bits per heavy atom. The van der Waals surface area contributed by atoms with Gasteiger partial charge in [0.1, 0.15) is 0 Å². The van der Waals surface area contributed by atoms with Gasteiger partial charge in [-0.2, -0.15) is 0 Å². The molecule has 0 spiro atoms. The summed E-state index contributed by atoms with van der Waals surface area (Å²) >= 11 is 0. The van der Waals surface area contributed by atoms with Crippen molar-refractivity contribution in [1.29, 1.82) is 0 Å². The van der Waals surface area contributed by atoms with E-state index < -0.39 is 11.9 Å². The minimum atomic E-state index is -0.869. The summed E-state index contributed by atoms with van der Waals surface area (Å²) in [6.07, 6.45) is 2.37. The van der Waals surface area contributed by atoms with Crippen molar-refractivity contribution >= 4 is 11.9 Å². The highest BCUT2D eigenvalue weighted by molar-refractivity contribution is 5.88. The minimum absolute atomic E-state index is 0.102. The van der Waals surface area contributed by atoms with Crippen molar-refractivity contribution in [2.45, 2.75) is 34.1 Å². The maximum Gasteiger partial charge on any atom is 0.308 e. The van der Waals surface area contributed by atoms with Crippen molar-refractivity contribution < 1.29 is 14.7 Å². The van der Waals surface area contributed by atoms with E-state index in [1.807, 2.05) is 20.8 Å². The molecule has 0 rings (SSSR count). The molecule has 1 N–H and O–H groups in total. The number of carbonyl (C=O) groups is 2. The number of allylic oxidation sites excluding steroid dienone is 1. The molecule has 4 nitrogen and oxygen atoms in total. The first-order chi connectivity index (χ1) is 7.38. The molecule has 0 aromatic rings. The molecule has 4 heteroatoms. The number of hydrogen-bond acceptors (Lipinski definition) is 2. The molecule has 1 atom stereocenters. The van der Waals surface area contributed by atoms with Gasteiger partial charge in [0.2, 0.25) is 5.91 Å². The molecular formula is C12H21NO3. The normalized spacial score (nSPS) is 11.8. The molecule has 0 saturated carbocycles. The summed E-state index contributed by atoms with van der Waals surface area (Å²) in [5.74, 6) is -1.50. The lowest BCUT2D eigenvalue weighted by molar-refractivity contribution is -0.142. The number of rotatable bonds is 6. The molecule has 0 radical (unpaired) electrons. The zero-order chi connectivity index (χ0) is 12.7. The van der Waals surface area contributed by atoms with Crippen LogP contribution in [0.5, 0.6) is 0 Å². The Labute approximate surface area is 96.9 Å². The van der Waals surface area contributed by atoms with E-state index in [4.69, 9.17) is 5.11 Å². The fourth-order valence-corrected chi connectivity index (χ4v) is 1.31. The van der Waals surface area contributed by atoms with E-state index in [2.05, 4.69) is 0 Å². The van der Waals surface area contributed by atoms with Crippen LogP contribution in [0.1, 0.15) is 34.1 Å². The van der Waals surface area contributed by atoms with Crippen LogP contribution in [0, 0.1) is 5.92 Å². The first-order valence-corrected chi connectivity index (χ1v) is 5.55. The number of carbonyl (C=O) groups excluding carboxylic acids is 1. The van der Waals surface area contributed by atoms with E-state index in [9.17, 15) is 9.59 Å². The number of carboxylic acid groups (broad SMARTS) is 1. The van der Waals surface area contributed by atoms with Crippen molar-refractivity contribution in [3.05, 3.63) is 11.6 Å². The predicted molar refractivity (Wildman–Crippen MR) is 63.1 cm³/mol. The number of aliphatic carboxylic acids is 1. The standard InChI is InChI=1S/C12H21NO3/c1-5-6-13(8-10(4)12(15)16)11(14)7-9(2)3/h7,10H,5-6,8H2,1-4H3,(H,15,16). The third-order valence-corrected chi connectivity index (χ3v) is 2.13. The van der Waals surface area contributed by atoms with Gasteiger partial charge in [0.05, 0.1) is 5.92 Å². The van der Waals surface area contributed by atoms with Crippen LogP contribution < -0.4 is 0 Å². The summed E-state index contributed by atoms with van der Waals surface area (Å²) in [6, 6.07) is 0. The predicted octanol–water partition coefficient (Wildman–Crippen LogP) is 1.91. The van der Waals surface area contributed by atoms with Crippen LogP contribution in [-0.4, -0.2) is 35.0 Å². The topological polar surface area (TPSA) is 57.6 Å². The van der Waals surface area contributed by atoms with Crippen molar-refractivity contribution in [3.8, 4) is 0 Å². The van der Waals surface area contributed by atoms with Crippen LogP contribution in [0.25, 0.3) is 0 Å². The van der Waals surface area contributed by atoms with Gasteiger partial charge in [-0.3, -0.25) is 9.59 Å². The monoisotopic (exact) mass is 227 g/mol. The molecule has 92 valence electrons. The van der Waals surface area contributed by atoms with Gasteiger partial charge in [0, 0.05) is 19.2 Å². The van der Waals surface area contributed by atoms with Crippen LogP contribution in [0.15, 0.2) is 11.6 Å². The van der Waals surface area contributed by atoms with Gasteiger partial charge >= 0.3 is 5.97 Å². The number of nitrogens with zero attached hydrogens (tertiary/aromatic N) is 1. The third kappa shape index (κ3) is 5.53. The lowest BCUT2D eigenvalue weighted by Gasteiger charge is -2.22. The molecule has 1 unspecified atom stereocenters. The van der Waals surface area contributed by atoms with Crippen molar-refractivity contribution in [3.63, 3.8) is 0 Å². The maximum absolute atomic E-state index is 11.8. The zero-order valence-electron chi connectivity index (χ0n) is 10.5. The Hall–Kier alpha value is -1.32. The van der Waals surface area contributed by atoms with Crippen molar-refractivity contribution in [1.82, 2.24) is 4.90 Å². The highest BCUT2D eigenvalue weighted by Gasteiger charge is 2.18. The van der Waals surface area contributed by atoms with Crippen molar-refractivity contribution in [2.24, 2.45) is 5.92 Å². The fourth-order valence-electron chi connectivity index (χ4n) is 1.31. The molecular weight excluding hydrogens is 206 g/mol. The number of carboxylic acids is 1. The van der Waals surface area contributed by atoms with Gasteiger partial charge in [0.15, 0.2) is 0 Å². The average molecular weight is 227 g/mol. The summed E-state index contributed by atoms with van der Waals surface area (Å²) in [6.45, 7) is 8.15. The summed E-state index contributed by atoms with van der Waals surface area (Å²) in [4.78, 5) is 24.1. The Bertz CT molecular complexity index is 280. The molecule has 0 aliphatic heterocycles. The second-order valence-corrected chi connectivity index (χ2v) is 4.25. The first-order valence-electron chi connectivity index (χ1n) is 5.55. The Balaban J connectivity index is 4.55. The summed E-state index contributed by atoms with van der Waals surface area (Å²) < 4.78 is 0. The fraction of sp³-hybridized carbons (Fsp3) is 0.667. The van der Waals surface area contributed by atoms with Gasteiger partial charge in [-0.15, -0.1) is 0 Å². The van der Waals surface area contributed by atoms with E-state index in [1.165, 1.54) is 0 Å². The number of hydrogen-bond donors (Lipinski definition) is 1. The lowest BCUT2D eigenvalue weighted by Crippen LogP contribution is -2.36. The van der Waals surface area contributed by atoms with E-state index in [1.54, 1.807) is 17.9 Å². The molecule has 0 aliphatic rings. The maximum atomic E-state index is 11.8. The summed E-state index contributed by atoms with van der Waals surface area (Å²) in [7, 11) is 0. The van der Waals surface area contributed by atoms with Crippen LogP contribution in [-0.2, 0) is 9.59 Å². The van der Waals surface area contributed by atoms with Gasteiger partial charge in [0.25, 0.3) is 0 Å². The second kappa shape index (κ2) is 7.04. The molecule has 0 heterocycles. The van der Waals surface area contributed by atoms with Gasteiger partial charge in [-0.1, -0.05) is 19.4 Å². The SMILES string of the molecule is CCCN(CC(C)C(=O)O)C(=O)C=C(C)C. The Morgan fingerprint density at radius 2 is 1.94 bits per heavy atom. The van der Waals surface area contributed by atoms with Gasteiger partial charge in [-0.25, -0.2) is 0 Å². The van der Waals surface area contributed by atoms with Gasteiger partial charge < -0.3 is 10.0 Å².